The molecule has 1 aliphatic rings. The topological polar surface area (TPSA) is 62.3 Å². The van der Waals surface area contributed by atoms with Crippen LogP contribution in [-0.2, 0) is 16.6 Å². The van der Waals surface area contributed by atoms with Gasteiger partial charge in [-0.05, 0) is 50.8 Å². The van der Waals surface area contributed by atoms with Gasteiger partial charge in [-0.15, -0.1) is 0 Å². The summed E-state index contributed by atoms with van der Waals surface area (Å²) in [6.07, 6.45) is 4.71. The summed E-state index contributed by atoms with van der Waals surface area (Å²) in [5, 5.41) is 3.44. The van der Waals surface area contributed by atoms with Crippen molar-refractivity contribution in [1.29, 1.82) is 0 Å². The molecule has 8 heteroatoms. The van der Waals surface area contributed by atoms with Gasteiger partial charge in [0, 0.05) is 40.8 Å². The number of rotatable bonds is 4. The average Bonchev–Trinajstić information content (AvgIpc) is 2.37. The largest absolute Gasteiger partial charge is 0.308 e. The summed E-state index contributed by atoms with van der Waals surface area (Å²) in [5.41, 5.74) is 0.957. The van der Waals surface area contributed by atoms with Crippen LogP contribution in [0.25, 0.3) is 0 Å². The van der Waals surface area contributed by atoms with E-state index in [1.807, 2.05) is 6.07 Å². The Morgan fingerprint density at radius 3 is 2.60 bits per heavy atom. The molecule has 2 heterocycles. The number of halogens is 2. The maximum Gasteiger partial charge on any atom is 0.211 e. The van der Waals surface area contributed by atoms with Crippen LogP contribution in [0.15, 0.2) is 21.2 Å². The molecule has 5 nitrogen and oxygen atoms in total. The number of hydrogen-bond donors (Lipinski definition) is 1. The average molecular weight is 427 g/mol. The number of piperidine rings is 1. The highest BCUT2D eigenvalue weighted by molar-refractivity contribution is 9.11. The van der Waals surface area contributed by atoms with Crippen molar-refractivity contribution < 1.29 is 8.42 Å². The number of pyridine rings is 1. The Hall–Kier alpha value is -0.0200. The molecule has 1 fully saturated rings. The third-order valence-electron chi connectivity index (χ3n) is 3.37. The predicted octanol–water partition coefficient (Wildman–Crippen LogP) is 2.12. The van der Waals surface area contributed by atoms with E-state index in [9.17, 15) is 8.42 Å². The number of hydrogen-bond acceptors (Lipinski definition) is 4. The zero-order valence-electron chi connectivity index (χ0n) is 11.1. The monoisotopic (exact) mass is 425 g/mol. The summed E-state index contributed by atoms with van der Waals surface area (Å²) in [5.74, 6) is 0. The van der Waals surface area contributed by atoms with E-state index in [1.165, 1.54) is 6.26 Å². The van der Waals surface area contributed by atoms with Crippen LogP contribution < -0.4 is 5.32 Å². The first-order valence-electron chi connectivity index (χ1n) is 6.34. The minimum Gasteiger partial charge on any atom is -0.308 e. The second kappa shape index (κ2) is 6.83. The van der Waals surface area contributed by atoms with Crippen molar-refractivity contribution in [2.45, 2.75) is 25.4 Å². The Morgan fingerprint density at radius 1 is 1.40 bits per heavy atom. The van der Waals surface area contributed by atoms with Crippen molar-refractivity contribution in [3.63, 3.8) is 0 Å². The summed E-state index contributed by atoms with van der Waals surface area (Å²) in [4.78, 5) is 4.35. The predicted molar refractivity (Wildman–Crippen MR) is 85.9 cm³/mol. The van der Waals surface area contributed by atoms with Gasteiger partial charge in [-0.25, -0.2) is 12.7 Å². The molecule has 0 saturated carbocycles. The van der Waals surface area contributed by atoms with Crippen LogP contribution in [0.2, 0.25) is 0 Å². The first kappa shape index (κ1) is 16.4. The molecule has 0 bridgehead atoms. The van der Waals surface area contributed by atoms with Gasteiger partial charge in [0.05, 0.1) is 11.9 Å². The molecular formula is C12H17Br2N3O2S. The van der Waals surface area contributed by atoms with Crippen LogP contribution >= 0.6 is 31.9 Å². The SMILES string of the molecule is CS(=O)(=O)N1CCC(NCc2ncc(Br)cc2Br)CC1. The molecule has 2 rings (SSSR count). The molecule has 0 aromatic carbocycles. The second-order valence-corrected chi connectivity index (χ2v) is 8.65. The lowest BCUT2D eigenvalue weighted by molar-refractivity contribution is 0.289. The quantitative estimate of drug-likeness (QED) is 0.800. The van der Waals surface area contributed by atoms with E-state index in [-0.39, 0.29) is 0 Å². The molecule has 0 radical (unpaired) electrons. The highest BCUT2D eigenvalue weighted by Gasteiger charge is 2.24. The summed E-state index contributed by atoms with van der Waals surface area (Å²) < 4.78 is 26.3. The van der Waals surface area contributed by atoms with E-state index in [2.05, 4.69) is 42.2 Å². The van der Waals surface area contributed by atoms with E-state index in [0.29, 0.717) is 25.7 Å². The molecule has 0 unspecified atom stereocenters. The Bertz CT molecular complexity index is 572. The van der Waals surface area contributed by atoms with Crippen molar-refractivity contribution in [2.75, 3.05) is 19.3 Å². The number of nitrogens with zero attached hydrogens (tertiary/aromatic N) is 2. The van der Waals surface area contributed by atoms with Crippen LogP contribution in [0.5, 0.6) is 0 Å². The van der Waals surface area contributed by atoms with Gasteiger partial charge in [0.15, 0.2) is 0 Å². The molecule has 0 spiro atoms. The number of nitrogens with one attached hydrogen (secondary N) is 1. The van der Waals surface area contributed by atoms with Gasteiger partial charge >= 0.3 is 0 Å². The molecule has 1 aromatic rings. The van der Waals surface area contributed by atoms with Gasteiger partial charge < -0.3 is 5.32 Å². The summed E-state index contributed by atoms with van der Waals surface area (Å²) in [6.45, 7) is 1.86. The maximum atomic E-state index is 11.4. The molecule has 1 N–H and O–H groups in total. The standard InChI is InChI=1S/C12H17Br2N3O2S/c1-20(18,19)17-4-2-10(3-5-17)15-8-12-11(14)6-9(13)7-16-12/h6-7,10,15H,2-5,8H2,1H3. The van der Waals surface area contributed by atoms with Crippen LogP contribution in [0.3, 0.4) is 0 Å². The summed E-state index contributed by atoms with van der Waals surface area (Å²) >= 11 is 6.86. The number of aromatic nitrogens is 1. The van der Waals surface area contributed by atoms with Crippen molar-refractivity contribution in [1.82, 2.24) is 14.6 Å². The molecule has 1 aromatic heterocycles. The van der Waals surface area contributed by atoms with E-state index < -0.39 is 10.0 Å². The first-order chi connectivity index (χ1) is 9.36. The molecule has 1 saturated heterocycles. The fourth-order valence-electron chi connectivity index (χ4n) is 2.21. The molecule has 0 aliphatic carbocycles. The maximum absolute atomic E-state index is 11.4. The van der Waals surface area contributed by atoms with Gasteiger partial charge in [-0.1, -0.05) is 0 Å². The zero-order valence-corrected chi connectivity index (χ0v) is 15.1. The van der Waals surface area contributed by atoms with E-state index in [0.717, 1.165) is 27.5 Å². The Morgan fingerprint density at radius 2 is 2.05 bits per heavy atom. The van der Waals surface area contributed by atoms with Gasteiger partial charge in [0.2, 0.25) is 10.0 Å². The van der Waals surface area contributed by atoms with E-state index in [1.54, 1.807) is 10.5 Å². The third-order valence-corrected chi connectivity index (χ3v) is 5.79. The molecule has 112 valence electrons. The highest BCUT2D eigenvalue weighted by atomic mass is 79.9. The normalized spacial score (nSPS) is 18.4. The third kappa shape index (κ3) is 4.49. The van der Waals surface area contributed by atoms with Crippen molar-refractivity contribution in [2.24, 2.45) is 0 Å². The molecule has 0 atom stereocenters. The Labute approximate surface area is 136 Å². The fraction of sp³-hybridized carbons (Fsp3) is 0.583. The smallest absolute Gasteiger partial charge is 0.211 e. The Balaban J connectivity index is 1.84. The summed E-state index contributed by atoms with van der Waals surface area (Å²) in [6, 6.07) is 2.31. The van der Waals surface area contributed by atoms with Gasteiger partial charge in [-0.2, -0.15) is 0 Å². The lowest BCUT2D eigenvalue weighted by atomic mass is 10.1. The van der Waals surface area contributed by atoms with Crippen LogP contribution in [0.1, 0.15) is 18.5 Å². The fourth-order valence-corrected chi connectivity index (χ4v) is 4.21. The minimum absolute atomic E-state index is 0.338. The van der Waals surface area contributed by atoms with Crippen molar-refractivity contribution >= 4 is 41.9 Å². The van der Waals surface area contributed by atoms with Crippen LogP contribution in [0.4, 0.5) is 0 Å². The molecule has 20 heavy (non-hydrogen) atoms. The van der Waals surface area contributed by atoms with Crippen molar-refractivity contribution in [3.05, 3.63) is 26.9 Å². The molecule has 1 aliphatic heterocycles. The highest BCUT2D eigenvalue weighted by Crippen LogP contribution is 2.20. The molecule has 0 amide bonds. The van der Waals surface area contributed by atoms with Gasteiger partial charge in [0.25, 0.3) is 0 Å². The number of sulfonamides is 1. The first-order valence-corrected chi connectivity index (χ1v) is 9.78. The van der Waals surface area contributed by atoms with Gasteiger partial charge in [0.1, 0.15) is 0 Å². The van der Waals surface area contributed by atoms with Crippen molar-refractivity contribution in [3.8, 4) is 0 Å². The van der Waals surface area contributed by atoms with Gasteiger partial charge in [-0.3, -0.25) is 4.98 Å². The van der Waals surface area contributed by atoms with E-state index >= 15 is 0 Å². The van der Waals surface area contributed by atoms with E-state index in [4.69, 9.17) is 0 Å². The minimum atomic E-state index is -3.05. The van der Waals surface area contributed by atoms with Crippen LogP contribution in [-0.4, -0.2) is 43.1 Å². The molecular weight excluding hydrogens is 410 g/mol. The second-order valence-electron chi connectivity index (χ2n) is 4.90. The lowest BCUT2D eigenvalue weighted by Crippen LogP contribution is -2.44. The Kier molecular flexibility index (Phi) is 5.58. The van der Waals surface area contributed by atoms with Crippen LogP contribution in [0, 0.1) is 0 Å². The summed E-state index contributed by atoms with van der Waals surface area (Å²) in [7, 11) is -3.05. The zero-order chi connectivity index (χ0) is 14.8. The lowest BCUT2D eigenvalue weighted by Gasteiger charge is -2.30.